The van der Waals surface area contributed by atoms with Crippen LogP contribution in [0.5, 0.6) is 0 Å². The van der Waals surface area contributed by atoms with E-state index in [1.807, 2.05) is 0 Å². The lowest BCUT2D eigenvalue weighted by Crippen LogP contribution is -2.48. The second-order valence-corrected chi connectivity index (χ2v) is 16.3. The van der Waals surface area contributed by atoms with E-state index in [4.69, 9.17) is 6.58 Å². The fourth-order valence-electron chi connectivity index (χ4n) is 11.0. The van der Waals surface area contributed by atoms with Gasteiger partial charge in [-0.2, -0.15) is 0 Å². The van der Waals surface area contributed by atoms with Gasteiger partial charge in [-0.3, -0.25) is 0 Å². The molecule has 1 spiro atoms. The number of fused-ring (bicyclic) bond motifs is 11. The van der Waals surface area contributed by atoms with Crippen LogP contribution in [-0.2, 0) is 5.41 Å². The molecule has 12 rings (SSSR count). The van der Waals surface area contributed by atoms with Crippen molar-refractivity contribution in [1.29, 1.82) is 0 Å². The zero-order valence-corrected chi connectivity index (χ0v) is 33.0. The average molecular weight is 758 g/mol. The molecule has 59 heavy (non-hydrogen) atoms. The predicted molar refractivity (Wildman–Crippen MR) is 247 cm³/mol. The Bertz CT molecular complexity index is 3050. The van der Waals surface area contributed by atoms with E-state index in [1.165, 1.54) is 89.1 Å². The minimum Gasteiger partial charge on any atom is -0.336 e. The molecule has 0 saturated carbocycles. The Balaban J connectivity index is 0.979. The summed E-state index contributed by atoms with van der Waals surface area (Å²) in [5.74, 6) is 0. The van der Waals surface area contributed by atoms with E-state index < -0.39 is 5.41 Å². The van der Waals surface area contributed by atoms with Gasteiger partial charge in [-0.25, -0.2) is 0 Å². The summed E-state index contributed by atoms with van der Waals surface area (Å²) >= 11 is 0. The first kappa shape index (κ1) is 34.0. The number of aromatic nitrogens is 1. The zero-order valence-electron chi connectivity index (χ0n) is 33.0. The van der Waals surface area contributed by atoms with Gasteiger partial charge >= 0.3 is 0 Å². The highest BCUT2D eigenvalue weighted by Crippen LogP contribution is 2.63. The topological polar surface area (TPSA) is 11.4 Å². The summed E-state index contributed by atoms with van der Waals surface area (Å²) in [4.78, 5) is 5.02. The van der Waals surface area contributed by atoms with Crippen molar-refractivity contribution in [2.24, 2.45) is 0 Å². The van der Waals surface area contributed by atoms with Crippen molar-refractivity contribution in [3.8, 4) is 16.8 Å². The maximum absolute atomic E-state index is 4.84. The number of nitrogens with zero attached hydrogens (tertiary/aromatic N) is 3. The van der Waals surface area contributed by atoms with Gasteiger partial charge in [-0.05, 0) is 124 Å². The first-order valence-corrected chi connectivity index (χ1v) is 21.0. The summed E-state index contributed by atoms with van der Waals surface area (Å²) in [6, 6.07) is 53.7. The third-order valence-corrected chi connectivity index (χ3v) is 13.5. The highest BCUT2D eigenvalue weighted by atomic mass is 15.2. The summed E-state index contributed by atoms with van der Waals surface area (Å²) in [5.41, 5.74) is 20.6. The van der Waals surface area contributed by atoms with E-state index in [1.54, 1.807) is 0 Å². The van der Waals surface area contributed by atoms with Crippen molar-refractivity contribution in [1.82, 2.24) is 4.57 Å². The Hall–Kier alpha value is -7.10. The fraction of sp³-hybridized carbons (Fsp3) is 0.107. The molecule has 0 amide bonds. The first-order chi connectivity index (χ1) is 29.2. The van der Waals surface area contributed by atoms with Gasteiger partial charge in [0.2, 0.25) is 0 Å². The van der Waals surface area contributed by atoms with Gasteiger partial charge < -0.3 is 14.4 Å². The van der Waals surface area contributed by atoms with Crippen LogP contribution in [-0.4, -0.2) is 11.1 Å². The third kappa shape index (κ3) is 4.70. The van der Waals surface area contributed by atoms with Crippen LogP contribution in [0.2, 0.25) is 0 Å². The molecule has 0 fully saturated rings. The van der Waals surface area contributed by atoms with Crippen LogP contribution in [0.1, 0.15) is 36.8 Å². The van der Waals surface area contributed by atoms with Crippen molar-refractivity contribution in [3.05, 3.63) is 240 Å². The standard InChI is InChI=1S/C56H43N3/c1-3-46-55-37(2)43-17-5-4-16-40(43)36-57(55)52-25-13-8-20-47(52)56(46)48-21-9-14-26-53(48)59(54-27-15-10-22-49(54)56)42-34-30-39(31-35-42)38-28-32-41(33-29-38)58-50-23-11-6-18-44(50)45-19-7-12-24-51(45)58/h3-4,6-9,11-14,16,18-35H,1-2,5,10,15,17,36H2. The SMILES string of the molecule is C=CC1=C2C(=C)C3=C(C=CCC3)CN2c2ccccc2C12C1=CCCC=C1N(c1ccc(-c3ccc(-n4c5ccccc5c5ccccc54)cc3)cc1)c1ccccc12. The van der Waals surface area contributed by atoms with Crippen molar-refractivity contribution in [2.45, 2.75) is 31.1 Å². The molecule has 0 N–H and O–H groups in total. The molecule has 0 saturated heterocycles. The van der Waals surface area contributed by atoms with Gasteiger partial charge in [0.25, 0.3) is 0 Å². The van der Waals surface area contributed by atoms with Gasteiger partial charge in [-0.1, -0.05) is 141 Å². The van der Waals surface area contributed by atoms with Crippen molar-refractivity contribution < 1.29 is 0 Å². The third-order valence-electron chi connectivity index (χ3n) is 13.5. The van der Waals surface area contributed by atoms with Crippen LogP contribution in [0, 0.1) is 0 Å². The molecule has 282 valence electrons. The lowest BCUT2D eigenvalue weighted by atomic mass is 9.57. The normalized spacial score (nSPS) is 19.3. The molecular weight excluding hydrogens is 715 g/mol. The van der Waals surface area contributed by atoms with Gasteiger partial charge in [-0.15, -0.1) is 0 Å². The largest absolute Gasteiger partial charge is 0.336 e. The smallest absolute Gasteiger partial charge is 0.0779 e. The quantitative estimate of drug-likeness (QED) is 0.177. The van der Waals surface area contributed by atoms with Crippen molar-refractivity contribution in [3.63, 3.8) is 0 Å². The van der Waals surface area contributed by atoms with E-state index >= 15 is 0 Å². The average Bonchev–Trinajstić information content (AvgIpc) is 3.64. The predicted octanol–water partition coefficient (Wildman–Crippen LogP) is 14.0. The molecule has 0 radical (unpaired) electrons. The highest BCUT2D eigenvalue weighted by molar-refractivity contribution is 6.09. The molecule has 1 aromatic heterocycles. The maximum Gasteiger partial charge on any atom is 0.0779 e. The maximum atomic E-state index is 4.84. The van der Waals surface area contributed by atoms with E-state index in [0.717, 1.165) is 49.2 Å². The molecule has 3 aliphatic heterocycles. The lowest BCUT2D eigenvalue weighted by molar-refractivity contribution is 0.657. The number of hydrogen-bond acceptors (Lipinski definition) is 2. The van der Waals surface area contributed by atoms with Crippen molar-refractivity contribution >= 4 is 38.9 Å². The molecule has 1 unspecified atom stereocenters. The number of benzene rings is 6. The highest BCUT2D eigenvalue weighted by Gasteiger charge is 2.54. The molecule has 2 aliphatic carbocycles. The lowest BCUT2D eigenvalue weighted by Gasteiger charge is -2.55. The molecule has 4 heterocycles. The van der Waals surface area contributed by atoms with E-state index in [2.05, 4.69) is 197 Å². The molecule has 1 atom stereocenters. The molecule has 3 heteroatoms. The molecule has 5 aliphatic rings. The molecule has 7 aromatic rings. The fourth-order valence-corrected chi connectivity index (χ4v) is 11.0. The van der Waals surface area contributed by atoms with Crippen LogP contribution >= 0.6 is 0 Å². The summed E-state index contributed by atoms with van der Waals surface area (Å²) in [7, 11) is 0. The molecular formula is C56H43N3. The Morgan fingerprint density at radius 2 is 1.19 bits per heavy atom. The van der Waals surface area contributed by atoms with Crippen LogP contribution < -0.4 is 9.80 Å². The van der Waals surface area contributed by atoms with E-state index in [9.17, 15) is 0 Å². The number of para-hydroxylation sites is 4. The van der Waals surface area contributed by atoms with Crippen LogP contribution in [0.25, 0.3) is 38.6 Å². The minimum absolute atomic E-state index is 0.549. The van der Waals surface area contributed by atoms with Gasteiger partial charge in [0, 0.05) is 40.1 Å². The minimum atomic E-state index is -0.549. The van der Waals surface area contributed by atoms with E-state index in [0.29, 0.717) is 0 Å². The van der Waals surface area contributed by atoms with Gasteiger partial charge in [0.05, 0.1) is 27.8 Å². The second-order valence-electron chi connectivity index (χ2n) is 16.3. The Kier molecular flexibility index (Phi) is 7.46. The Morgan fingerprint density at radius 3 is 1.88 bits per heavy atom. The van der Waals surface area contributed by atoms with Crippen LogP contribution in [0.3, 0.4) is 0 Å². The summed E-state index contributed by atoms with van der Waals surface area (Å²) in [6.45, 7) is 10.3. The zero-order chi connectivity index (χ0) is 39.2. The van der Waals surface area contributed by atoms with Gasteiger partial charge in [0.1, 0.15) is 0 Å². The number of anilines is 3. The first-order valence-electron chi connectivity index (χ1n) is 21.0. The number of hydrogen-bond donors (Lipinski definition) is 0. The monoisotopic (exact) mass is 757 g/mol. The van der Waals surface area contributed by atoms with Crippen LogP contribution in [0.15, 0.2) is 228 Å². The Labute approximate surface area is 345 Å². The Morgan fingerprint density at radius 1 is 0.593 bits per heavy atom. The molecule has 6 aromatic carbocycles. The van der Waals surface area contributed by atoms with Crippen molar-refractivity contribution in [2.75, 3.05) is 16.3 Å². The summed E-state index contributed by atoms with van der Waals surface area (Å²) < 4.78 is 2.38. The summed E-state index contributed by atoms with van der Waals surface area (Å²) in [5, 5.41) is 2.55. The molecule has 0 bridgehead atoms. The number of rotatable bonds is 4. The van der Waals surface area contributed by atoms with E-state index in [-0.39, 0.29) is 0 Å². The summed E-state index contributed by atoms with van der Waals surface area (Å²) in [6.07, 6.45) is 15.8. The van der Waals surface area contributed by atoms with Crippen LogP contribution in [0.4, 0.5) is 17.1 Å². The van der Waals surface area contributed by atoms with Gasteiger partial charge in [0.15, 0.2) is 0 Å². The number of allylic oxidation sites excluding steroid dienone is 7. The second kappa shape index (κ2) is 13.0. The molecule has 3 nitrogen and oxygen atoms in total.